The second-order valence-corrected chi connectivity index (χ2v) is 10.9. The molecule has 4 heterocycles. The summed E-state index contributed by atoms with van der Waals surface area (Å²) in [4.78, 5) is 14.0. The van der Waals surface area contributed by atoms with Crippen molar-refractivity contribution >= 4 is 5.82 Å². The third-order valence-corrected chi connectivity index (χ3v) is 7.85. The molecule has 2 aromatic heterocycles. The number of hydrogen-bond donors (Lipinski definition) is 2. The zero-order chi connectivity index (χ0) is 25.8. The van der Waals surface area contributed by atoms with E-state index >= 15 is 8.78 Å². The van der Waals surface area contributed by atoms with Crippen LogP contribution in [0.2, 0.25) is 0 Å². The number of pyridine rings is 1. The molecule has 0 radical (unpaired) electrons. The third kappa shape index (κ3) is 4.25. The first-order chi connectivity index (χ1) is 17.0. The van der Waals surface area contributed by atoms with Gasteiger partial charge in [-0.2, -0.15) is 0 Å². The van der Waals surface area contributed by atoms with Gasteiger partial charge in [-0.05, 0) is 75.8 Å². The zero-order valence-electron chi connectivity index (χ0n) is 21.0. The van der Waals surface area contributed by atoms with Gasteiger partial charge in [-0.3, -0.25) is 4.79 Å². The molecule has 3 atom stereocenters. The zero-order valence-corrected chi connectivity index (χ0v) is 21.0. The van der Waals surface area contributed by atoms with Gasteiger partial charge < -0.3 is 19.9 Å². The van der Waals surface area contributed by atoms with Gasteiger partial charge in [0.2, 0.25) is 0 Å². The van der Waals surface area contributed by atoms with E-state index in [0.717, 1.165) is 31.7 Å². The molecule has 0 aliphatic carbocycles. The molecular weight excluding hydrogens is 464 g/mol. The maximum atomic E-state index is 15.1. The predicted octanol–water partition coefficient (Wildman–Crippen LogP) is 4.38. The Hall–Kier alpha value is -3.33. The van der Waals surface area contributed by atoms with E-state index < -0.39 is 17.4 Å². The van der Waals surface area contributed by atoms with Crippen molar-refractivity contribution in [2.75, 3.05) is 11.9 Å². The fourth-order valence-electron chi connectivity index (χ4n) is 6.03. The summed E-state index contributed by atoms with van der Waals surface area (Å²) < 4.78 is 31.5. The van der Waals surface area contributed by atoms with Crippen molar-refractivity contribution in [1.82, 2.24) is 20.1 Å². The van der Waals surface area contributed by atoms with Crippen LogP contribution in [0, 0.1) is 11.6 Å². The number of halogens is 2. The molecule has 5 rings (SSSR count). The van der Waals surface area contributed by atoms with Crippen molar-refractivity contribution in [3.63, 3.8) is 0 Å². The summed E-state index contributed by atoms with van der Waals surface area (Å²) in [6.45, 7) is 4.55. The SMILES string of the molecule is CN(c1ccc(-c2c(O)cc(-c3ccn(C)c(=O)c3)c(F)c2F)nn1)[C@H]1C[C@]2(C)CCC[C@](C)(C1)N2. The van der Waals surface area contributed by atoms with Crippen LogP contribution in [-0.2, 0) is 7.05 Å². The number of piperidine rings is 2. The van der Waals surface area contributed by atoms with Gasteiger partial charge in [0.25, 0.3) is 5.56 Å². The monoisotopic (exact) mass is 495 g/mol. The van der Waals surface area contributed by atoms with Crippen LogP contribution in [0.25, 0.3) is 22.4 Å². The Kier molecular flexibility index (Phi) is 5.86. The molecule has 0 amide bonds. The van der Waals surface area contributed by atoms with E-state index in [1.165, 1.54) is 29.3 Å². The first-order valence-corrected chi connectivity index (χ1v) is 12.2. The molecule has 1 aromatic carbocycles. The van der Waals surface area contributed by atoms with Crippen LogP contribution in [0.1, 0.15) is 46.0 Å². The van der Waals surface area contributed by atoms with Crippen LogP contribution in [0.4, 0.5) is 14.6 Å². The molecule has 0 saturated carbocycles. The van der Waals surface area contributed by atoms with Crippen LogP contribution >= 0.6 is 0 Å². The number of nitrogens with zero attached hydrogens (tertiary/aromatic N) is 4. The number of aromatic nitrogens is 3. The van der Waals surface area contributed by atoms with Gasteiger partial charge >= 0.3 is 0 Å². The summed E-state index contributed by atoms with van der Waals surface area (Å²) in [5.74, 6) is -2.25. The third-order valence-electron chi connectivity index (χ3n) is 7.85. The lowest BCUT2D eigenvalue weighted by atomic mass is 9.69. The molecule has 190 valence electrons. The second kappa shape index (κ2) is 8.65. The first-order valence-electron chi connectivity index (χ1n) is 12.2. The van der Waals surface area contributed by atoms with E-state index in [4.69, 9.17) is 0 Å². The molecule has 0 unspecified atom stereocenters. The molecule has 2 aliphatic heterocycles. The second-order valence-electron chi connectivity index (χ2n) is 10.9. The van der Waals surface area contributed by atoms with E-state index in [-0.39, 0.29) is 45.1 Å². The van der Waals surface area contributed by atoms with Crippen molar-refractivity contribution in [2.45, 2.75) is 63.1 Å². The Bertz CT molecular complexity index is 1360. The average molecular weight is 496 g/mol. The number of nitrogens with one attached hydrogen (secondary N) is 1. The standard InChI is InChI=1S/C27H31F2N5O2/c1-26-9-5-10-27(2,32-26)15-17(14-26)34(4)21-7-6-19(30-31-21)23-20(35)13-18(24(28)25(23)29)16-8-11-33(3)22(36)12-16/h6-8,11-13,17,32,35H,5,9-10,14-15H2,1-4H3/t17-,26-,27+. The molecule has 2 aliphatic rings. The number of aryl methyl sites for hydroxylation is 1. The lowest BCUT2D eigenvalue weighted by Crippen LogP contribution is -2.66. The van der Waals surface area contributed by atoms with Gasteiger partial charge in [0.05, 0.1) is 11.3 Å². The maximum Gasteiger partial charge on any atom is 0.250 e. The highest BCUT2D eigenvalue weighted by Gasteiger charge is 2.46. The number of phenols is 1. The molecule has 7 nitrogen and oxygen atoms in total. The Balaban J connectivity index is 1.43. The summed E-state index contributed by atoms with van der Waals surface area (Å²) in [6.07, 6.45) is 6.90. The van der Waals surface area contributed by atoms with Crippen molar-refractivity contribution in [3.8, 4) is 28.1 Å². The lowest BCUT2D eigenvalue weighted by molar-refractivity contribution is 0.0784. The molecule has 2 N–H and O–H groups in total. The predicted molar refractivity (Wildman–Crippen MR) is 135 cm³/mol. The number of anilines is 1. The van der Waals surface area contributed by atoms with Gasteiger partial charge in [-0.25, -0.2) is 8.78 Å². The summed E-state index contributed by atoms with van der Waals surface area (Å²) >= 11 is 0. The molecule has 9 heteroatoms. The maximum absolute atomic E-state index is 15.1. The van der Waals surface area contributed by atoms with Crippen LogP contribution < -0.4 is 15.8 Å². The van der Waals surface area contributed by atoms with Gasteiger partial charge in [-0.15, -0.1) is 10.2 Å². The minimum atomic E-state index is -1.24. The van der Waals surface area contributed by atoms with Crippen molar-refractivity contribution < 1.29 is 13.9 Å². The van der Waals surface area contributed by atoms with Gasteiger partial charge in [-0.1, -0.05) is 0 Å². The minimum absolute atomic E-state index is 0.0256. The van der Waals surface area contributed by atoms with E-state index in [1.54, 1.807) is 19.2 Å². The normalized spacial score (nSPS) is 25.6. The number of aromatic hydroxyl groups is 1. The molecule has 3 aromatic rings. The van der Waals surface area contributed by atoms with Crippen molar-refractivity contribution in [3.05, 3.63) is 58.5 Å². The Labute approximate surface area is 208 Å². The quantitative estimate of drug-likeness (QED) is 0.559. The Morgan fingerprint density at radius 2 is 1.78 bits per heavy atom. The fraction of sp³-hybridized carbons (Fsp3) is 0.444. The van der Waals surface area contributed by atoms with E-state index in [2.05, 4.69) is 34.3 Å². The minimum Gasteiger partial charge on any atom is -0.507 e. The smallest absolute Gasteiger partial charge is 0.250 e. The first kappa shape index (κ1) is 24.4. The Morgan fingerprint density at radius 1 is 1.08 bits per heavy atom. The van der Waals surface area contributed by atoms with Crippen LogP contribution in [0.5, 0.6) is 5.75 Å². The molecule has 36 heavy (non-hydrogen) atoms. The molecule has 0 spiro atoms. The van der Waals surface area contributed by atoms with Crippen LogP contribution in [0.15, 0.2) is 41.3 Å². The summed E-state index contributed by atoms with van der Waals surface area (Å²) in [7, 11) is 3.54. The fourth-order valence-corrected chi connectivity index (χ4v) is 6.03. The van der Waals surface area contributed by atoms with E-state index in [1.807, 2.05) is 7.05 Å². The highest BCUT2D eigenvalue weighted by molar-refractivity contribution is 5.75. The number of hydrogen-bond acceptors (Lipinski definition) is 6. The van der Waals surface area contributed by atoms with Gasteiger partial charge in [0.15, 0.2) is 17.5 Å². The summed E-state index contributed by atoms with van der Waals surface area (Å²) in [5.41, 5.74) is -0.579. The van der Waals surface area contributed by atoms with Crippen molar-refractivity contribution in [2.24, 2.45) is 7.05 Å². The van der Waals surface area contributed by atoms with E-state index in [9.17, 15) is 9.90 Å². The van der Waals surface area contributed by atoms with Gasteiger partial charge in [0, 0.05) is 49.0 Å². The summed E-state index contributed by atoms with van der Waals surface area (Å²) in [6, 6.07) is 7.31. The molecule has 2 saturated heterocycles. The molecular formula is C27H31F2N5O2. The van der Waals surface area contributed by atoms with Crippen LogP contribution in [-0.4, -0.2) is 44.0 Å². The lowest BCUT2D eigenvalue weighted by Gasteiger charge is -2.55. The summed E-state index contributed by atoms with van der Waals surface area (Å²) in [5, 5.41) is 22.8. The number of phenolic OH excluding ortho intramolecular Hbond substituents is 1. The average Bonchev–Trinajstić information content (AvgIpc) is 2.82. The Morgan fingerprint density at radius 3 is 2.39 bits per heavy atom. The van der Waals surface area contributed by atoms with Crippen molar-refractivity contribution in [1.29, 1.82) is 0 Å². The molecule has 2 fully saturated rings. The van der Waals surface area contributed by atoms with Gasteiger partial charge in [0.1, 0.15) is 5.75 Å². The topological polar surface area (TPSA) is 83.3 Å². The highest BCUT2D eigenvalue weighted by atomic mass is 19.2. The largest absolute Gasteiger partial charge is 0.507 e. The number of fused-ring (bicyclic) bond motifs is 2. The molecule has 2 bridgehead atoms. The highest BCUT2D eigenvalue weighted by Crippen LogP contribution is 2.42. The van der Waals surface area contributed by atoms with E-state index in [0.29, 0.717) is 5.82 Å². The number of benzene rings is 1. The van der Waals surface area contributed by atoms with Crippen LogP contribution in [0.3, 0.4) is 0 Å². The number of rotatable bonds is 4.